The number of hydrogen-bond acceptors (Lipinski definition) is 6. The Morgan fingerprint density at radius 1 is 1.08 bits per heavy atom. The highest BCUT2D eigenvalue weighted by Gasteiger charge is 2.27. The fourth-order valence-corrected chi connectivity index (χ4v) is 4.03. The van der Waals surface area contributed by atoms with Crippen molar-refractivity contribution in [3.63, 3.8) is 0 Å². The number of halogens is 1. The van der Waals surface area contributed by atoms with Gasteiger partial charge in [0.1, 0.15) is 11.5 Å². The number of methoxy groups -OCH3 is 2. The van der Waals surface area contributed by atoms with Crippen molar-refractivity contribution in [2.45, 2.75) is 40.2 Å². The highest BCUT2D eigenvalue weighted by molar-refractivity contribution is 9.10. The van der Waals surface area contributed by atoms with Gasteiger partial charge in [-0.1, -0.05) is 13.8 Å². The summed E-state index contributed by atoms with van der Waals surface area (Å²) in [6.07, 6.45) is 0. The molecule has 1 rings (SSSR count). The molecular weight excluding hydrogens is 399 g/mol. The number of benzene rings is 1. The molecule has 0 aromatic heterocycles. The summed E-state index contributed by atoms with van der Waals surface area (Å²) in [4.78, 5) is 0. The van der Waals surface area contributed by atoms with Crippen molar-refractivity contribution in [1.29, 1.82) is 0 Å². The summed E-state index contributed by atoms with van der Waals surface area (Å²) < 4.78 is 39.9. The lowest BCUT2D eigenvalue weighted by molar-refractivity contribution is 0.116. The van der Waals surface area contributed by atoms with Crippen molar-refractivity contribution in [3.05, 3.63) is 21.7 Å². The van der Waals surface area contributed by atoms with Crippen LogP contribution in [0.15, 0.2) is 10.5 Å². The van der Waals surface area contributed by atoms with Crippen LogP contribution in [0.4, 0.5) is 0 Å². The number of phosphoric ester groups is 1. The SMILES string of the molecule is CCOP(=O)(OCC)OCc1cc(OC)c(C(C)C)c(OC)c1Br. The predicted molar refractivity (Wildman–Crippen MR) is 97.0 cm³/mol. The molecule has 8 heteroatoms. The summed E-state index contributed by atoms with van der Waals surface area (Å²) in [5.41, 5.74) is 1.68. The minimum absolute atomic E-state index is 0.0307. The van der Waals surface area contributed by atoms with E-state index in [1.807, 2.05) is 6.07 Å². The quantitative estimate of drug-likeness (QED) is 0.475. The van der Waals surface area contributed by atoms with Crippen LogP contribution >= 0.6 is 23.8 Å². The van der Waals surface area contributed by atoms with E-state index in [-0.39, 0.29) is 25.7 Å². The second kappa shape index (κ2) is 9.78. The summed E-state index contributed by atoms with van der Waals surface area (Å²) in [5, 5.41) is 0. The van der Waals surface area contributed by atoms with Gasteiger partial charge < -0.3 is 9.47 Å². The fourth-order valence-electron chi connectivity index (χ4n) is 2.27. The lowest BCUT2D eigenvalue weighted by Crippen LogP contribution is -2.05. The van der Waals surface area contributed by atoms with Crippen molar-refractivity contribution < 1.29 is 27.6 Å². The zero-order valence-corrected chi connectivity index (χ0v) is 17.5. The first-order chi connectivity index (χ1) is 11.3. The van der Waals surface area contributed by atoms with Crippen molar-refractivity contribution in [2.24, 2.45) is 0 Å². The zero-order chi connectivity index (χ0) is 18.3. The van der Waals surface area contributed by atoms with Gasteiger partial charge in [-0.25, -0.2) is 4.57 Å². The van der Waals surface area contributed by atoms with Gasteiger partial charge in [-0.3, -0.25) is 13.6 Å². The van der Waals surface area contributed by atoms with Crippen LogP contribution in [0.25, 0.3) is 0 Å². The van der Waals surface area contributed by atoms with E-state index in [9.17, 15) is 4.57 Å². The molecule has 0 saturated carbocycles. The number of ether oxygens (including phenoxy) is 2. The normalized spacial score (nSPS) is 11.8. The van der Waals surface area contributed by atoms with Gasteiger partial charge >= 0.3 is 7.82 Å². The molecule has 0 N–H and O–H groups in total. The molecule has 1 aromatic carbocycles. The maximum atomic E-state index is 12.4. The molecule has 0 aliphatic heterocycles. The Kier molecular flexibility index (Phi) is 8.74. The minimum atomic E-state index is -3.59. The van der Waals surface area contributed by atoms with Gasteiger partial charge in [0.05, 0.1) is 38.5 Å². The first-order valence-corrected chi connectivity index (χ1v) is 10.1. The Hall–Kier alpha value is -0.590. The third kappa shape index (κ3) is 5.20. The molecule has 0 radical (unpaired) electrons. The van der Waals surface area contributed by atoms with Crippen LogP contribution in [0.3, 0.4) is 0 Å². The third-order valence-electron chi connectivity index (χ3n) is 3.25. The Bertz CT molecular complexity index is 580. The second-order valence-electron chi connectivity index (χ2n) is 5.21. The molecule has 1 aromatic rings. The zero-order valence-electron chi connectivity index (χ0n) is 15.1. The molecule has 24 heavy (non-hydrogen) atoms. The molecule has 0 fully saturated rings. The number of phosphoric acid groups is 1. The number of hydrogen-bond donors (Lipinski definition) is 0. The van der Waals surface area contributed by atoms with Crippen LogP contribution in [0, 0.1) is 0 Å². The van der Waals surface area contributed by atoms with Crippen molar-refractivity contribution in [1.82, 2.24) is 0 Å². The van der Waals surface area contributed by atoms with Gasteiger partial charge in [0.2, 0.25) is 0 Å². The van der Waals surface area contributed by atoms with Crippen LogP contribution in [0.1, 0.15) is 44.7 Å². The van der Waals surface area contributed by atoms with Crippen LogP contribution in [0.2, 0.25) is 0 Å². The lowest BCUT2D eigenvalue weighted by atomic mass is 9.99. The van der Waals surface area contributed by atoms with Crippen molar-refractivity contribution in [2.75, 3.05) is 27.4 Å². The van der Waals surface area contributed by atoms with E-state index in [2.05, 4.69) is 29.8 Å². The molecule has 0 saturated heterocycles. The van der Waals surface area contributed by atoms with Gasteiger partial charge in [0.25, 0.3) is 0 Å². The molecule has 0 amide bonds. The molecule has 0 bridgehead atoms. The molecular formula is C16H26BrO6P. The molecule has 0 heterocycles. The molecule has 0 aliphatic carbocycles. The lowest BCUT2D eigenvalue weighted by Gasteiger charge is -2.21. The van der Waals surface area contributed by atoms with E-state index in [1.54, 1.807) is 28.1 Å². The van der Waals surface area contributed by atoms with E-state index in [1.165, 1.54) is 0 Å². The highest BCUT2D eigenvalue weighted by Crippen LogP contribution is 2.51. The Labute approximate surface area is 152 Å². The molecule has 0 atom stereocenters. The summed E-state index contributed by atoms with van der Waals surface area (Å²) in [7, 11) is -0.385. The molecule has 0 aliphatic rings. The summed E-state index contributed by atoms with van der Waals surface area (Å²) >= 11 is 3.54. The summed E-state index contributed by atoms with van der Waals surface area (Å²) in [6, 6.07) is 1.84. The van der Waals surface area contributed by atoms with Gasteiger partial charge in [-0.15, -0.1) is 0 Å². The first kappa shape index (κ1) is 21.5. The average Bonchev–Trinajstić information content (AvgIpc) is 2.53. The van der Waals surface area contributed by atoms with E-state index < -0.39 is 7.82 Å². The van der Waals surface area contributed by atoms with Gasteiger partial charge in [0.15, 0.2) is 0 Å². The molecule has 0 unspecified atom stereocenters. The van der Waals surface area contributed by atoms with Crippen LogP contribution in [0.5, 0.6) is 11.5 Å². The van der Waals surface area contributed by atoms with Gasteiger partial charge in [-0.05, 0) is 47.3 Å². The van der Waals surface area contributed by atoms with E-state index >= 15 is 0 Å². The van der Waals surface area contributed by atoms with Crippen LogP contribution in [-0.2, 0) is 24.7 Å². The van der Waals surface area contributed by atoms with Crippen molar-refractivity contribution >= 4 is 23.8 Å². The largest absolute Gasteiger partial charge is 0.496 e. The van der Waals surface area contributed by atoms with Gasteiger partial charge in [0, 0.05) is 5.56 Å². The highest BCUT2D eigenvalue weighted by atomic mass is 79.9. The van der Waals surface area contributed by atoms with E-state index in [4.69, 9.17) is 23.0 Å². The topological polar surface area (TPSA) is 63.2 Å². The predicted octanol–water partition coefficient (Wildman–Crippen LogP) is 5.29. The Morgan fingerprint density at radius 3 is 2.08 bits per heavy atom. The van der Waals surface area contributed by atoms with Crippen LogP contribution in [-0.4, -0.2) is 27.4 Å². The summed E-state index contributed by atoms with van der Waals surface area (Å²) in [6.45, 7) is 8.07. The standard InChI is InChI=1S/C16H26BrO6P/c1-7-21-24(18,22-8-2)23-10-12-9-13(19-5)14(11(3)4)16(20-6)15(12)17/h9,11H,7-8,10H2,1-6H3. The van der Waals surface area contributed by atoms with Gasteiger partial charge in [-0.2, -0.15) is 0 Å². The monoisotopic (exact) mass is 424 g/mol. The smallest absolute Gasteiger partial charge is 0.475 e. The Morgan fingerprint density at radius 2 is 1.67 bits per heavy atom. The third-order valence-corrected chi connectivity index (χ3v) is 5.71. The maximum absolute atomic E-state index is 12.4. The maximum Gasteiger partial charge on any atom is 0.475 e. The Balaban J connectivity index is 3.19. The first-order valence-electron chi connectivity index (χ1n) is 7.80. The average molecular weight is 425 g/mol. The van der Waals surface area contributed by atoms with E-state index in [0.717, 1.165) is 15.6 Å². The fraction of sp³-hybridized carbons (Fsp3) is 0.625. The molecule has 138 valence electrons. The molecule has 6 nitrogen and oxygen atoms in total. The second-order valence-corrected chi connectivity index (χ2v) is 7.67. The summed E-state index contributed by atoms with van der Waals surface area (Å²) in [5.74, 6) is 1.57. The van der Waals surface area contributed by atoms with Crippen molar-refractivity contribution in [3.8, 4) is 11.5 Å². The number of rotatable bonds is 10. The van der Waals surface area contributed by atoms with E-state index in [0.29, 0.717) is 11.5 Å². The molecule has 0 spiro atoms. The van der Waals surface area contributed by atoms with Crippen LogP contribution < -0.4 is 9.47 Å². The minimum Gasteiger partial charge on any atom is -0.496 e.